The second-order valence-corrected chi connectivity index (χ2v) is 8.21. The highest BCUT2D eigenvalue weighted by Crippen LogP contribution is 2.30. The third kappa shape index (κ3) is 4.96. The number of aromatic nitrogens is 1. The second-order valence-electron chi connectivity index (χ2n) is 8.21. The third-order valence-electron chi connectivity index (χ3n) is 5.93. The van der Waals surface area contributed by atoms with Gasteiger partial charge in [0.25, 0.3) is 5.91 Å². The number of fused-ring (bicyclic) bond motifs is 3. The molecule has 2 aromatic carbocycles. The summed E-state index contributed by atoms with van der Waals surface area (Å²) >= 11 is 0. The van der Waals surface area contributed by atoms with E-state index in [0.29, 0.717) is 23.7 Å². The number of ether oxygens (including phenoxy) is 2. The zero-order valence-electron chi connectivity index (χ0n) is 18.9. The number of hydrogen-bond donors (Lipinski definition) is 2. The molecule has 6 nitrogen and oxygen atoms in total. The maximum absolute atomic E-state index is 12.6. The topological polar surface area (TPSA) is 75.7 Å². The Labute approximate surface area is 189 Å². The molecule has 0 unspecified atom stereocenters. The van der Waals surface area contributed by atoms with E-state index in [1.807, 2.05) is 36.4 Å². The Hall–Kier alpha value is -3.28. The highest BCUT2D eigenvalue weighted by atomic mass is 16.5. The molecule has 0 aliphatic heterocycles. The first kappa shape index (κ1) is 21.9. The van der Waals surface area contributed by atoms with Crippen molar-refractivity contribution in [1.82, 2.24) is 10.4 Å². The molecular weight excluding hydrogens is 402 g/mol. The Morgan fingerprint density at radius 3 is 2.84 bits per heavy atom. The lowest BCUT2D eigenvalue weighted by Crippen LogP contribution is -2.17. The van der Waals surface area contributed by atoms with Crippen LogP contribution in [0.4, 0.5) is 0 Å². The molecule has 0 saturated carbocycles. The van der Waals surface area contributed by atoms with Crippen LogP contribution in [0.2, 0.25) is 0 Å². The monoisotopic (exact) mass is 433 g/mol. The Morgan fingerprint density at radius 2 is 2.00 bits per heavy atom. The van der Waals surface area contributed by atoms with Crippen LogP contribution >= 0.6 is 0 Å². The van der Waals surface area contributed by atoms with Crippen molar-refractivity contribution in [3.63, 3.8) is 0 Å². The molecule has 0 atom stereocenters. The number of hydrogen-bond acceptors (Lipinski definition) is 4. The summed E-state index contributed by atoms with van der Waals surface area (Å²) in [5.74, 6) is 1.14. The first-order valence-electron chi connectivity index (χ1n) is 11.5. The summed E-state index contributed by atoms with van der Waals surface area (Å²) in [6.07, 6.45) is 9.51. The first-order chi connectivity index (χ1) is 15.7. The van der Waals surface area contributed by atoms with Gasteiger partial charge < -0.3 is 14.5 Å². The van der Waals surface area contributed by atoms with Gasteiger partial charge in [-0.05, 0) is 79.6 Å². The lowest BCUT2D eigenvalue weighted by atomic mass is 9.95. The minimum Gasteiger partial charge on any atom is -0.493 e. The van der Waals surface area contributed by atoms with E-state index in [9.17, 15) is 4.79 Å². The molecule has 0 spiro atoms. The number of carbonyl (C=O) groups is 1. The maximum atomic E-state index is 12.6. The van der Waals surface area contributed by atoms with E-state index in [1.165, 1.54) is 24.1 Å². The molecule has 1 aliphatic carbocycles. The zero-order chi connectivity index (χ0) is 22.3. The summed E-state index contributed by atoms with van der Waals surface area (Å²) in [7, 11) is 1.62. The van der Waals surface area contributed by atoms with E-state index in [1.54, 1.807) is 13.3 Å². The number of unbranched alkanes of at least 4 members (excludes halogenated alkanes) is 2. The van der Waals surface area contributed by atoms with Crippen molar-refractivity contribution in [2.24, 2.45) is 5.10 Å². The number of amides is 1. The van der Waals surface area contributed by atoms with Crippen molar-refractivity contribution in [2.45, 2.75) is 51.9 Å². The van der Waals surface area contributed by atoms with Crippen LogP contribution < -0.4 is 14.9 Å². The van der Waals surface area contributed by atoms with Gasteiger partial charge in [-0.25, -0.2) is 5.43 Å². The maximum Gasteiger partial charge on any atom is 0.271 e. The Bertz CT molecular complexity index is 1120. The van der Waals surface area contributed by atoms with Crippen molar-refractivity contribution in [3.05, 3.63) is 58.8 Å². The van der Waals surface area contributed by atoms with Crippen LogP contribution in [0.25, 0.3) is 10.9 Å². The summed E-state index contributed by atoms with van der Waals surface area (Å²) in [4.78, 5) is 16.1. The van der Waals surface area contributed by atoms with Gasteiger partial charge in [0.05, 0.1) is 19.9 Å². The number of benzene rings is 2. The van der Waals surface area contributed by atoms with E-state index in [4.69, 9.17) is 9.47 Å². The molecule has 6 heteroatoms. The zero-order valence-corrected chi connectivity index (χ0v) is 18.9. The summed E-state index contributed by atoms with van der Waals surface area (Å²) in [6, 6.07) is 11.4. The van der Waals surface area contributed by atoms with Crippen molar-refractivity contribution in [2.75, 3.05) is 13.7 Å². The summed E-state index contributed by atoms with van der Waals surface area (Å²) in [6.45, 7) is 2.83. The summed E-state index contributed by atoms with van der Waals surface area (Å²) in [5, 5.41) is 5.28. The molecule has 4 rings (SSSR count). The van der Waals surface area contributed by atoms with Crippen LogP contribution in [0.1, 0.15) is 66.2 Å². The number of rotatable bonds is 9. The Kier molecular flexibility index (Phi) is 7.10. The molecule has 1 amide bonds. The van der Waals surface area contributed by atoms with Gasteiger partial charge in [0.1, 0.15) is 0 Å². The van der Waals surface area contributed by atoms with E-state index in [2.05, 4.69) is 22.4 Å². The minimum atomic E-state index is -0.225. The minimum absolute atomic E-state index is 0.225. The van der Waals surface area contributed by atoms with Crippen LogP contribution in [-0.4, -0.2) is 30.8 Å². The van der Waals surface area contributed by atoms with Gasteiger partial charge in [-0.1, -0.05) is 19.8 Å². The van der Waals surface area contributed by atoms with Gasteiger partial charge in [-0.3, -0.25) is 4.79 Å². The number of carbonyl (C=O) groups excluding carboxylic acids is 1. The highest BCUT2D eigenvalue weighted by Gasteiger charge is 2.16. The molecular formula is C26H31N3O3. The Morgan fingerprint density at radius 1 is 1.12 bits per heavy atom. The normalized spacial score (nSPS) is 13.3. The molecule has 0 bridgehead atoms. The van der Waals surface area contributed by atoms with Gasteiger partial charge in [0.15, 0.2) is 11.5 Å². The highest BCUT2D eigenvalue weighted by molar-refractivity contribution is 5.99. The molecule has 1 aromatic heterocycles. The molecule has 0 radical (unpaired) electrons. The van der Waals surface area contributed by atoms with Gasteiger partial charge >= 0.3 is 0 Å². The lowest BCUT2D eigenvalue weighted by molar-refractivity contribution is 0.0955. The van der Waals surface area contributed by atoms with Crippen molar-refractivity contribution in [1.29, 1.82) is 0 Å². The molecule has 168 valence electrons. The summed E-state index contributed by atoms with van der Waals surface area (Å²) in [5.41, 5.74) is 7.82. The number of nitrogens with zero attached hydrogens (tertiary/aromatic N) is 1. The molecule has 1 heterocycles. The van der Waals surface area contributed by atoms with Crippen molar-refractivity contribution in [3.8, 4) is 11.5 Å². The number of methoxy groups -OCH3 is 1. The smallest absolute Gasteiger partial charge is 0.271 e. The SMILES string of the molecule is CCCCCOc1ccc(/C=N/NC(=O)c2ccc3[nH]c4c(c3c2)CCCC4)cc1OC. The standard InChI is InChI=1S/C26H31N3O3/c1-3-4-7-14-32-24-13-10-18(15-25(24)31-2)17-27-29-26(30)19-11-12-23-21(16-19)20-8-5-6-9-22(20)28-23/h10-13,15-17,28H,3-9,14H2,1-2H3,(H,29,30)/b27-17+. The first-order valence-corrected chi connectivity index (χ1v) is 11.5. The van der Waals surface area contributed by atoms with Crippen LogP contribution in [0.3, 0.4) is 0 Å². The fourth-order valence-electron chi connectivity index (χ4n) is 4.20. The molecule has 32 heavy (non-hydrogen) atoms. The quantitative estimate of drug-likeness (QED) is 0.270. The van der Waals surface area contributed by atoms with Crippen molar-refractivity contribution < 1.29 is 14.3 Å². The van der Waals surface area contributed by atoms with Crippen molar-refractivity contribution >= 4 is 23.0 Å². The number of aromatic amines is 1. The second kappa shape index (κ2) is 10.4. The van der Waals surface area contributed by atoms with E-state index in [0.717, 1.165) is 48.6 Å². The van der Waals surface area contributed by atoms with Crippen LogP contribution in [0, 0.1) is 0 Å². The van der Waals surface area contributed by atoms with Crippen LogP contribution in [0.5, 0.6) is 11.5 Å². The summed E-state index contributed by atoms with van der Waals surface area (Å²) < 4.78 is 11.3. The largest absolute Gasteiger partial charge is 0.493 e. The average Bonchev–Trinajstić information content (AvgIpc) is 3.20. The van der Waals surface area contributed by atoms with E-state index < -0.39 is 0 Å². The fraction of sp³-hybridized carbons (Fsp3) is 0.385. The average molecular weight is 434 g/mol. The number of nitrogens with one attached hydrogen (secondary N) is 2. The number of aryl methyl sites for hydroxylation is 2. The molecule has 0 fully saturated rings. The van der Waals surface area contributed by atoms with Gasteiger partial charge in [-0.2, -0.15) is 5.10 Å². The van der Waals surface area contributed by atoms with Crippen LogP contribution in [0.15, 0.2) is 41.5 Å². The molecule has 2 N–H and O–H groups in total. The van der Waals surface area contributed by atoms with E-state index in [-0.39, 0.29) is 5.91 Å². The molecule has 3 aromatic rings. The Balaban J connectivity index is 1.40. The van der Waals surface area contributed by atoms with Crippen LogP contribution in [-0.2, 0) is 12.8 Å². The molecule has 0 saturated heterocycles. The third-order valence-corrected chi connectivity index (χ3v) is 5.93. The predicted molar refractivity (Wildman–Crippen MR) is 128 cm³/mol. The van der Waals surface area contributed by atoms with Gasteiger partial charge in [-0.15, -0.1) is 0 Å². The number of hydrazone groups is 1. The molecule has 1 aliphatic rings. The number of H-pyrrole nitrogens is 1. The van der Waals surface area contributed by atoms with Gasteiger partial charge in [0, 0.05) is 22.2 Å². The lowest BCUT2D eigenvalue weighted by Gasteiger charge is -2.11. The van der Waals surface area contributed by atoms with Gasteiger partial charge in [0.2, 0.25) is 0 Å². The van der Waals surface area contributed by atoms with E-state index >= 15 is 0 Å². The predicted octanol–water partition coefficient (Wildman–Crippen LogP) is 5.39. The fourth-order valence-corrected chi connectivity index (χ4v) is 4.20.